The summed E-state index contributed by atoms with van der Waals surface area (Å²) in [4.78, 5) is 36.0. The van der Waals surface area contributed by atoms with Crippen LogP contribution in [0.2, 0.25) is 0 Å². The van der Waals surface area contributed by atoms with Gasteiger partial charge in [0.1, 0.15) is 11.4 Å². The molecular weight excluding hydrogens is 426 g/mol. The van der Waals surface area contributed by atoms with E-state index in [-0.39, 0.29) is 11.6 Å². The summed E-state index contributed by atoms with van der Waals surface area (Å²) >= 11 is 2.56. The zero-order valence-corrected chi connectivity index (χ0v) is 17.5. The van der Waals surface area contributed by atoms with Gasteiger partial charge in [0, 0.05) is 30.1 Å². The van der Waals surface area contributed by atoms with Gasteiger partial charge in [-0.05, 0) is 6.92 Å². The number of aryl methyl sites for hydroxylation is 1. The Balaban J connectivity index is 1.46. The summed E-state index contributed by atoms with van der Waals surface area (Å²) in [7, 11) is 1.79. The number of amides is 1. The van der Waals surface area contributed by atoms with Crippen molar-refractivity contribution >= 4 is 50.9 Å². The molecule has 4 rings (SSSR count). The number of thiazole rings is 1. The van der Waals surface area contributed by atoms with Crippen LogP contribution in [0.3, 0.4) is 0 Å². The van der Waals surface area contributed by atoms with Crippen molar-refractivity contribution in [2.24, 2.45) is 7.05 Å². The molecule has 0 saturated carbocycles. The first-order valence-electron chi connectivity index (χ1n) is 8.73. The maximum atomic E-state index is 12.6. The second-order valence-electron chi connectivity index (χ2n) is 6.28. The standard InChI is InChI=1S/C18H15N7O3S2/c1-10(30-17-13-7-21-24(2)15(13)19-9-20-17)16(26)23-18-22-14(8-29-18)11-4-3-5-12(6-11)25(27)28/h3-10H,1-2H3,(H,22,23,26). The lowest BCUT2D eigenvalue weighted by atomic mass is 10.1. The molecule has 0 aliphatic carbocycles. The highest BCUT2D eigenvalue weighted by molar-refractivity contribution is 8.00. The van der Waals surface area contributed by atoms with Gasteiger partial charge in [0.2, 0.25) is 5.91 Å². The first-order valence-corrected chi connectivity index (χ1v) is 10.5. The van der Waals surface area contributed by atoms with E-state index in [4.69, 9.17) is 0 Å². The van der Waals surface area contributed by atoms with E-state index < -0.39 is 10.2 Å². The number of nitro groups is 1. The van der Waals surface area contributed by atoms with Gasteiger partial charge < -0.3 is 5.32 Å². The molecule has 0 aliphatic rings. The molecule has 10 nitrogen and oxygen atoms in total. The van der Waals surface area contributed by atoms with Crippen LogP contribution >= 0.6 is 23.1 Å². The fourth-order valence-electron chi connectivity index (χ4n) is 2.71. The molecule has 0 saturated heterocycles. The summed E-state index contributed by atoms with van der Waals surface area (Å²) in [5, 5.41) is 21.1. The van der Waals surface area contributed by atoms with E-state index in [9.17, 15) is 14.9 Å². The van der Waals surface area contributed by atoms with Crippen LogP contribution in [-0.4, -0.2) is 40.8 Å². The number of thioether (sulfide) groups is 1. The summed E-state index contributed by atoms with van der Waals surface area (Å²) in [6.45, 7) is 1.78. The molecule has 1 atom stereocenters. The smallest absolute Gasteiger partial charge is 0.270 e. The zero-order valence-electron chi connectivity index (χ0n) is 15.8. The normalized spacial score (nSPS) is 12.1. The topological polar surface area (TPSA) is 129 Å². The fourth-order valence-corrected chi connectivity index (χ4v) is 4.31. The van der Waals surface area contributed by atoms with Gasteiger partial charge in [0.05, 0.1) is 27.5 Å². The second-order valence-corrected chi connectivity index (χ2v) is 8.47. The van der Waals surface area contributed by atoms with Crippen molar-refractivity contribution in [3.63, 3.8) is 0 Å². The number of non-ortho nitro benzene ring substituents is 1. The Morgan fingerprint density at radius 3 is 3.00 bits per heavy atom. The second kappa shape index (κ2) is 8.16. The van der Waals surface area contributed by atoms with Crippen LogP contribution in [0.25, 0.3) is 22.3 Å². The van der Waals surface area contributed by atoms with Crippen LogP contribution < -0.4 is 5.32 Å². The molecule has 152 valence electrons. The van der Waals surface area contributed by atoms with Crippen molar-refractivity contribution in [3.05, 3.63) is 52.3 Å². The highest BCUT2D eigenvalue weighted by Crippen LogP contribution is 2.30. The average Bonchev–Trinajstić information content (AvgIpc) is 3.36. The predicted octanol–water partition coefficient (Wildman–Crippen LogP) is 3.51. The minimum Gasteiger partial charge on any atom is -0.301 e. The van der Waals surface area contributed by atoms with Gasteiger partial charge in [0.15, 0.2) is 10.8 Å². The van der Waals surface area contributed by atoms with Gasteiger partial charge in [-0.2, -0.15) is 5.10 Å². The Bertz CT molecular complexity index is 1250. The average molecular weight is 441 g/mol. The third-order valence-corrected chi connectivity index (χ3v) is 6.11. The molecular formula is C18H15N7O3S2. The van der Waals surface area contributed by atoms with Crippen LogP contribution in [0, 0.1) is 10.1 Å². The summed E-state index contributed by atoms with van der Waals surface area (Å²) in [6.07, 6.45) is 3.12. The van der Waals surface area contributed by atoms with Crippen molar-refractivity contribution in [1.29, 1.82) is 0 Å². The number of hydrogen-bond acceptors (Lipinski definition) is 9. The van der Waals surface area contributed by atoms with Crippen molar-refractivity contribution in [2.45, 2.75) is 17.2 Å². The molecule has 4 aromatic rings. The number of aromatic nitrogens is 5. The number of benzene rings is 1. The Kier molecular flexibility index (Phi) is 5.42. The Hall–Kier alpha value is -3.38. The molecule has 0 radical (unpaired) electrons. The van der Waals surface area contributed by atoms with Crippen molar-refractivity contribution in [2.75, 3.05) is 5.32 Å². The van der Waals surface area contributed by atoms with E-state index in [1.54, 1.807) is 42.4 Å². The van der Waals surface area contributed by atoms with Crippen LogP contribution in [0.1, 0.15) is 6.92 Å². The maximum absolute atomic E-state index is 12.6. The lowest BCUT2D eigenvalue weighted by Crippen LogP contribution is -2.22. The molecule has 1 amide bonds. The van der Waals surface area contributed by atoms with Gasteiger partial charge in [0.25, 0.3) is 5.69 Å². The lowest BCUT2D eigenvalue weighted by molar-refractivity contribution is -0.384. The molecule has 1 unspecified atom stereocenters. The Morgan fingerprint density at radius 1 is 1.37 bits per heavy atom. The molecule has 30 heavy (non-hydrogen) atoms. The third-order valence-electron chi connectivity index (χ3n) is 4.24. The maximum Gasteiger partial charge on any atom is 0.270 e. The van der Waals surface area contributed by atoms with Crippen LogP contribution in [0.15, 0.2) is 47.2 Å². The minimum absolute atomic E-state index is 0.0114. The first-order chi connectivity index (χ1) is 14.4. The van der Waals surface area contributed by atoms with Crippen LogP contribution in [0.5, 0.6) is 0 Å². The first kappa shape index (κ1) is 19.9. The molecule has 1 N–H and O–H groups in total. The molecule has 0 aliphatic heterocycles. The lowest BCUT2D eigenvalue weighted by Gasteiger charge is -2.10. The Morgan fingerprint density at radius 2 is 2.20 bits per heavy atom. The highest BCUT2D eigenvalue weighted by atomic mass is 32.2. The summed E-state index contributed by atoms with van der Waals surface area (Å²) in [6, 6.07) is 6.21. The predicted molar refractivity (Wildman–Crippen MR) is 114 cm³/mol. The van der Waals surface area contributed by atoms with Crippen molar-refractivity contribution in [3.8, 4) is 11.3 Å². The number of rotatable bonds is 6. The highest BCUT2D eigenvalue weighted by Gasteiger charge is 2.19. The third kappa shape index (κ3) is 4.00. The van der Waals surface area contributed by atoms with E-state index in [2.05, 4.69) is 25.4 Å². The molecule has 1 aromatic carbocycles. The Labute approximate surface area is 178 Å². The minimum atomic E-state index is -0.455. The number of carbonyl (C=O) groups is 1. The van der Waals surface area contributed by atoms with E-state index in [1.807, 2.05) is 0 Å². The number of nitrogens with zero attached hydrogens (tertiary/aromatic N) is 6. The molecule has 0 fully saturated rings. The zero-order chi connectivity index (χ0) is 21.3. The molecule has 0 bridgehead atoms. The summed E-state index contributed by atoms with van der Waals surface area (Å²) in [5.41, 5.74) is 1.86. The number of carbonyl (C=O) groups excluding carboxylic acids is 1. The van der Waals surface area contributed by atoms with Crippen molar-refractivity contribution < 1.29 is 9.72 Å². The van der Waals surface area contributed by atoms with Gasteiger partial charge in [-0.15, -0.1) is 11.3 Å². The van der Waals surface area contributed by atoms with E-state index in [1.165, 1.54) is 41.6 Å². The molecule has 12 heteroatoms. The molecule has 3 aromatic heterocycles. The van der Waals surface area contributed by atoms with Crippen molar-refractivity contribution in [1.82, 2.24) is 24.7 Å². The number of nitrogens with one attached hydrogen (secondary N) is 1. The molecule has 3 heterocycles. The van der Waals surface area contributed by atoms with Gasteiger partial charge in [-0.25, -0.2) is 15.0 Å². The van der Waals surface area contributed by atoms with E-state index in [0.29, 0.717) is 27.1 Å². The van der Waals surface area contributed by atoms with Gasteiger partial charge >= 0.3 is 0 Å². The van der Waals surface area contributed by atoms with Gasteiger partial charge in [-0.3, -0.25) is 19.6 Å². The summed E-state index contributed by atoms with van der Waals surface area (Å²) in [5.74, 6) is -0.226. The number of fused-ring (bicyclic) bond motifs is 1. The van der Waals surface area contributed by atoms with Crippen LogP contribution in [-0.2, 0) is 11.8 Å². The molecule has 0 spiro atoms. The SMILES string of the molecule is CC(Sc1ncnc2c1cnn2C)C(=O)Nc1nc(-c2cccc([N+](=O)[O-])c2)cs1. The monoisotopic (exact) mass is 441 g/mol. The van der Waals surface area contributed by atoms with E-state index >= 15 is 0 Å². The fraction of sp³-hybridized carbons (Fsp3) is 0.167. The quantitative estimate of drug-likeness (QED) is 0.208. The number of hydrogen-bond donors (Lipinski definition) is 1. The van der Waals surface area contributed by atoms with Gasteiger partial charge in [-0.1, -0.05) is 23.9 Å². The number of nitro benzene ring substituents is 1. The number of anilines is 1. The van der Waals surface area contributed by atoms with E-state index in [0.717, 1.165) is 5.39 Å². The summed E-state index contributed by atoms with van der Waals surface area (Å²) < 4.78 is 1.65. The van der Waals surface area contributed by atoms with Crippen LogP contribution in [0.4, 0.5) is 10.8 Å². The largest absolute Gasteiger partial charge is 0.301 e.